The summed E-state index contributed by atoms with van der Waals surface area (Å²) >= 11 is 3.17. The number of nitrogens with zero attached hydrogens (tertiary/aromatic N) is 3. The van der Waals surface area contributed by atoms with Crippen LogP contribution in [0.5, 0.6) is 5.75 Å². The Labute approximate surface area is 181 Å². The minimum atomic E-state index is 0.00315. The van der Waals surface area contributed by atoms with E-state index in [9.17, 15) is 4.79 Å². The third-order valence-corrected chi connectivity index (χ3v) is 7.47. The molecule has 8 heteroatoms. The average Bonchev–Trinajstić information content (AvgIpc) is 3.35. The van der Waals surface area contributed by atoms with Crippen LogP contribution in [0.15, 0.2) is 44.8 Å². The first-order chi connectivity index (χ1) is 14.6. The van der Waals surface area contributed by atoms with Gasteiger partial charge in [0.25, 0.3) is 5.56 Å². The highest BCUT2D eigenvalue weighted by atomic mass is 32.2. The van der Waals surface area contributed by atoms with E-state index in [1.807, 2.05) is 37.3 Å². The Balaban J connectivity index is 1.66. The van der Waals surface area contributed by atoms with Crippen molar-refractivity contribution in [3.63, 3.8) is 0 Å². The predicted molar refractivity (Wildman–Crippen MR) is 119 cm³/mol. The summed E-state index contributed by atoms with van der Waals surface area (Å²) in [6, 6.07) is 9.44. The van der Waals surface area contributed by atoms with Crippen molar-refractivity contribution in [2.24, 2.45) is 0 Å². The van der Waals surface area contributed by atoms with Crippen LogP contribution in [0.2, 0.25) is 0 Å². The number of ether oxygens (including phenoxy) is 1. The summed E-state index contributed by atoms with van der Waals surface area (Å²) in [5, 5.41) is 5.52. The standard InChI is InChI=1S/C22H21N3O3S2/c1-13-11-14(24-28-13)12-29-22-23-20-19(17-5-3-4-6-18(17)30-20)21(26)25(22)15-7-9-16(27-2)10-8-15/h7-11H,3-6,12H2,1-2H3. The highest BCUT2D eigenvalue weighted by Gasteiger charge is 2.23. The van der Waals surface area contributed by atoms with Crippen molar-refractivity contribution < 1.29 is 9.26 Å². The number of fused-ring (bicyclic) bond motifs is 3. The summed E-state index contributed by atoms with van der Waals surface area (Å²) in [6.45, 7) is 1.87. The van der Waals surface area contributed by atoms with E-state index in [-0.39, 0.29) is 5.56 Å². The van der Waals surface area contributed by atoms with Gasteiger partial charge in [0.1, 0.15) is 16.3 Å². The molecule has 0 saturated carbocycles. The lowest BCUT2D eigenvalue weighted by Crippen LogP contribution is -2.22. The molecule has 0 amide bonds. The van der Waals surface area contributed by atoms with Crippen LogP contribution < -0.4 is 10.3 Å². The molecule has 30 heavy (non-hydrogen) atoms. The largest absolute Gasteiger partial charge is 0.497 e. The van der Waals surface area contributed by atoms with Crippen molar-refractivity contribution in [3.05, 3.63) is 62.6 Å². The summed E-state index contributed by atoms with van der Waals surface area (Å²) in [4.78, 5) is 20.8. The number of benzene rings is 1. The SMILES string of the molecule is COc1ccc(-n2c(SCc3cc(C)on3)nc3sc4c(c3c2=O)CCCC4)cc1. The van der Waals surface area contributed by atoms with Crippen LogP contribution in [0.25, 0.3) is 15.9 Å². The van der Waals surface area contributed by atoms with E-state index in [0.29, 0.717) is 10.9 Å². The molecule has 0 bridgehead atoms. The van der Waals surface area contributed by atoms with Crippen LogP contribution in [-0.4, -0.2) is 21.8 Å². The molecule has 6 nitrogen and oxygen atoms in total. The topological polar surface area (TPSA) is 70.2 Å². The normalized spacial score (nSPS) is 13.5. The van der Waals surface area contributed by atoms with Crippen LogP contribution in [-0.2, 0) is 18.6 Å². The van der Waals surface area contributed by atoms with Gasteiger partial charge in [-0.25, -0.2) is 4.98 Å². The molecular weight excluding hydrogens is 418 g/mol. The number of aryl methyl sites for hydroxylation is 3. The molecule has 154 valence electrons. The molecule has 1 aromatic carbocycles. The van der Waals surface area contributed by atoms with Gasteiger partial charge in [0, 0.05) is 16.7 Å². The zero-order chi connectivity index (χ0) is 20.7. The highest BCUT2D eigenvalue weighted by molar-refractivity contribution is 7.98. The third kappa shape index (κ3) is 3.44. The van der Waals surface area contributed by atoms with Gasteiger partial charge in [-0.15, -0.1) is 11.3 Å². The molecular formula is C22H21N3O3S2. The maximum atomic E-state index is 13.7. The molecule has 0 aliphatic heterocycles. The van der Waals surface area contributed by atoms with E-state index in [1.54, 1.807) is 23.0 Å². The molecule has 0 spiro atoms. The zero-order valence-electron chi connectivity index (χ0n) is 16.8. The Morgan fingerprint density at radius 1 is 1.23 bits per heavy atom. The average molecular weight is 440 g/mol. The van der Waals surface area contributed by atoms with Gasteiger partial charge in [0.15, 0.2) is 5.16 Å². The fraction of sp³-hybridized carbons (Fsp3) is 0.318. The van der Waals surface area contributed by atoms with E-state index >= 15 is 0 Å². The minimum absolute atomic E-state index is 0.00315. The maximum Gasteiger partial charge on any atom is 0.267 e. The number of thioether (sulfide) groups is 1. The van der Waals surface area contributed by atoms with E-state index in [2.05, 4.69) is 5.16 Å². The lowest BCUT2D eigenvalue weighted by atomic mass is 9.97. The number of aromatic nitrogens is 3. The summed E-state index contributed by atoms with van der Waals surface area (Å²) in [5.41, 5.74) is 2.82. The maximum absolute atomic E-state index is 13.7. The van der Waals surface area contributed by atoms with Crippen LogP contribution in [0.4, 0.5) is 0 Å². The van der Waals surface area contributed by atoms with E-state index < -0.39 is 0 Å². The van der Waals surface area contributed by atoms with Gasteiger partial charge >= 0.3 is 0 Å². The first-order valence-electron chi connectivity index (χ1n) is 9.91. The lowest BCUT2D eigenvalue weighted by Gasteiger charge is -2.13. The molecule has 1 aliphatic rings. The Kier molecular flexibility index (Phi) is 5.12. The third-order valence-electron chi connectivity index (χ3n) is 5.31. The fourth-order valence-electron chi connectivity index (χ4n) is 3.87. The summed E-state index contributed by atoms with van der Waals surface area (Å²) in [7, 11) is 1.63. The van der Waals surface area contributed by atoms with Crippen LogP contribution in [0, 0.1) is 6.92 Å². The highest BCUT2D eigenvalue weighted by Crippen LogP contribution is 2.35. The minimum Gasteiger partial charge on any atom is -0.497 e. The number of hydrogen-bond acceptors (Lipinski definition) is 7. The number of methoxy groups -OCH3 is 1. The van der Waals surface area contributed by atoms with E-state index in [1.165, 1.54) is 28.6 Å². The fourth-order valence-corrected chi connectivity index (χ4v) is 6.06. The Morgan fingerprint density at radius 3 is 2.77 bits per heavy atom. The van der Waals surface area contributed by atoms with E-state index in [4.69, 9.17) is 14.2 Å². The van der Waals surface area contributed by atoms with Crippen LogP contribution in [0.1, 0.15) is 34.7 Å². The monoisotopic (exact) mass is 439 g/mol. The molecule has 1 aliphatic carbocycles. The van der Waals surface area contributed by atoms with Gasteiger partial charge in [-0.3, -0.25) is 9.36 Å². The van der Waals surface area contributed by atoms with Gasteiger partial charge in [0.2, 0.25) is 0 Å². The summed E-state index contributed by atoms with van der Waals surface area (Å²) in [5.74, 6) is 2.10. The first-order valence-corrected chi connectivity index (χ1v) is 11.7. The van der Waals surface area contributed by atoms with Gasteiger partial charge in [-0.05, 0) is 62.4 Å². The molecule has 3 aromatic heterocycles. The zero-order valence-corrected chi connectivity index (χ0v) is 18.4. The number of hydrogen-bond donors (Lipinski definition) is 0. The van der Waals surface area contributed by atoms with Crippen molar-refractivity contribution in [3.8, 4) is 11.4 Å². The molecule has 0 N–H and O–H groups in total. The number of rotatable bonds is 5. The molecule has 0 atom stereocenters. The quantitative estimate of drug-likeness (QED) is 0.325. The summed E-state index contributed by atoms with van der Waals surface area (Å²) < 4.78 is 12.2. The van der Waals surface area contributed by atoms with Crippen molar-refractivity contribution in [1.82, 2.24) is 14.7 Å². The Morgan fingerprint density at radius 2 is 2.03 bits per heavy atom. The number of thiophene rings is 1. The second kappa shape index (κ2) is 7.92. The molecule has 0 unspecified atom stereocenters. The lowest BCUT2D eigenvalue weighted by molar-refractivity contribution is 0.393. The van der Waals surface area contributed by atoms with Gasteiger partial charge < -0.3 is 9.26 Å². The smallest absolute Gasteiger partial charge is 0.267 e. The second-order valence-corrected chi connectivity index (χ2v) is 9.37. The van der Waals surface area contributed by atoms with E-state index in [0.717, 1.165) is 52.4 Å². The molecule has 0 saturated heterocycles. The molecule has 5 rings (SSSR count). The van der Waals surface area contributed by atoms with Crippen molar-refractivity contribution in [2.45, 2.75) is 43.5 Å². The molecule has 0 radical (unpaired) electrons. The van der Waals surface area contributed by atoms with Crippen molar-refractivity contribution >= 4 is 33.3 Å². The predicted octanol–water partition coefficient (Wildman–Crippen LogP) is 4.92. The van der Waals surface area contributed by atoms with Crippen LogP contribution in [0.3, 0.4) is 0 Å². The van der Waals surface area contributed by atoms with Gasteiger partial charge in [0.05, 0.1) is 23.9 Å². The molecule has 4 aromatic rings. The van der Waals surface area contributed by atoms with Crippen molar-refractivity contribution in [1.29, 1.82) is 0 Å². The van der Waals surface area contributed by atoms with Crippen molar-refractivity contribution in [2.75, 3.05) is 7.11 Å². The second-order valence-electron chi connectivity index (χ2n) is 7.34. The Hall–Kier alpha value is -2.58. The molecule has 0 fully saturated rings. The Bertz CT molecular complexity index is 1270. The molecule has 3 heterocycles. The first kappa shape index (κ1) is 19.4. The van der Waals surface area contributed by atoms with Gasteiger partial charge in [-0.1, -0.05) is 16.9 Å². The van der Waals surface area contributed by atoms with Crippen LogP contribution >= 0.6 is 23.1 Å². The van der Waals surface area contributed by atoms with Gasteiger partial charge in [-0.2, -0.15) is 0 Å². The summed E-state index contributed by atoms with van der Waals surface area (Å²) in [6.07, 6.45) is 4.31.